The topological polar surface area (TPSA) is 49.4 Å². The monoisotopic (exact) mass is 438 g/mol. The molecule has 0 bridgehead atoms. The maximum atomic E-state index is 13.8. The van der Waals surface area contributed by atoms with Gasteiger partial charge in [-0.3, -0.25) is 9.59 Å². The van der Waals surface area contributed by atoms with E-state index in [4.69, 9.17) is 0 Å². The quantitative estimate of drug-likeness (QED) is 0.615. The van der Waals surface area contributed by atoms with Crippen molar-refractivity contribution in [1.82, 2.24) is 10.2 Å². The first-order valence-electron chi connectivity index (χ1n) is 11.8. The number of carbonyl (C=O) groups is 2. The number of aryl methyl sites for hydroxylation is 1. The lowest BCUT2D eigenvalue weighted by atomic mass is 9.93. The summed E-state index contributed by atoms with van der Waals surface area (Å²) >= 11 is 1.61. The van der Waals surface area contributed by atoms with E-state index in [0.29, 0.717) is 6.42 Å². The van der Waals surface area contributed by atoms with Crippen LogP contribution in [0.25, 0.3) is 0 Å². The second kappa shape index (κ2) is 10.4. The van der Waals surface area contributed by atoms with Crippen molar-refractivity contribution in [3.05, 3.63) is 57.8 Å². The Morgan fingerprint density at radius 3 is 2.39 bits per heavy atom. The van der Waals surface area contributed by atoms with Crippen LogP contribution in [0.5, 0.6) is 0 Å². The molecule has 1 heterocycles. The molecule has 0 saturated heterocycles. The van der Waals surface area contributed by atoms with Crippen molar-refractivity contribution in [3.63, 3.8) is 0 Å². The molecule has 4 nitrogen and oxygen atoms in total. The van der Waals surface area contributed by atoms with Crippen LogP contribution >= 0.6 is 11.3 Å². The number of nitrogens with one attached hydrogen (secondary N) is 1. The average Bonchev–Trinajstić information content (AvgIpc) is 3.47. The minimum atomic E-state index is -0.557. The SMILES string of the molecule is Cc1ccccc1C(C(=O)NC1CCCCC1)N(C(=O)Cc1cccs1)C1CCCC1. The van der Waals surface area contributed by atoms with Crippen molar-refractivity contribution >= 4 is 23.2 Å². The van der Waals surface area contributed by atoms with E-state index in [9.17, 15) is 9.59 Å². The van der Waals surface area contributed by atoms with Gasteiger partial charge in [-0.05, 0) is 55.2 Å². The van der Waals surface area contributed by atoms with Gasteiger partial charge in [-0.15, -0.1) is 11.3 Å². The summed E-state index contributed by atoms with van der Waals surface area (Å²) in [6.07, 6.45) is 10.3. The lowest BCUT2D eigenvalue weighted by Gasteiger charge is -2.38. The number of hydrogen-bond acceptors (Lipinski definition) is 3. The highest BCUT2D eigenvalue weighted by atomic mass is 32.1. The molecule has 1 aromatic heterocycles. The standard InChI is InChI=1S/C26H34N2O2S/c1-19-10-5-8-16-23(19)25(26(30)27-20-11-3-2-4-12-20)28(21-13-6-7-14-21)24(29)18-22-15-9-17-31-22/h5,8-10,15-17,20-21,25H,2-4,6-7,11-14,18H2,1H3,(H,27,30). The lowest BCUT2D eigenvalue weighted by Crippen LogP contribution is -2.50. The highest BCUT2D eigenvalue weighted by Gasteiger charge is 2.38. The Labute approximate surface area is 190 Å². The molecular weight excluding hydrogens is 404 g/mol. The van der Waals surface area contributed by atoms with Crippen molar-refractivity contribution in [3.8, 4) is 0 Å². The van der Waals surface area contributed by atoms with Crippen LogP contribution in [0.3, 0.4) is 0 Å². The average molecular weight is 439 g/mol. The van der Waals surface area contributed by atoms with Crippen molar-refractivity contribution < 1.29 is 9.59 Å². The molecule has 4 rings (SSSR count). The highest BCUT2D eigenvalue weighted by Crippen LogP contribution is 2.34. The van der Waals surface area contributed by atoms with Gasteiger partial charge in [0.05, 0.1) is 6.42 Å². The Balaban J connectivity index is 1.67. The first-order valence-corrected chi connectivity index (χ1v) is 12.7. The van der Waals surface area contributed by atoms with Gasteiger partial charge in [0.25, 0.3) is 0 Å². The second-order valence-electron chi connectivity index (χ2n) is 9.10. The number of rotatable bonds is 7. The minimum absolute atomic E-state index is 0.00682. The Kier molecular flexibility index (Phi) is 7.44. The molecule has 2 aromatic rings. The van der Waals surface area contributed by atoms with Crippen molar-refractivity contribution in [1.29, 1.82) is 0 Å². The number of thiophene rings is 1. The van der Waals surface area contributed by atoms with Gasteiger partial charge in [-0.25, -0.2) is 0 Å². The molecule has 1 unspecified atom stereocenters. The van der Waals surface area contributed by atoms with E-state index in [2.05, 4.69) is 5.32 Å². The molecule has 1 atom stereocenters. The van der Waals surface area contributed by atoms with Gasteiger partial charge < -0.3 is 10.2 Å². The fourth-order valence-electron chi connectivity index (χ4n) is 5.23. The van der Waals surface area contributed by atoms with Crippen LogP contribution in [0, 0.1) is 6.92 Å². The van der Waals surface area contributed by atoms with E-state index in [1.807, 2.05) is 53.6 Å². The third-order valence-corrected chi connectivity index (χ3v) is 7.75. The molecule has 166 valence electrons. The van der Waals surface area contributed by atoms with E-state index in [1.165, 1.54) is 19.3 Å². The predicted molar refractivity (Wildman–Crippen MR) is 126 cm³/mol. The Morgan fingerprint density at radius 2 is 1.71 bits per heavy atom. The van der Waals surface area contributed by atoms with Crippen LogP contribution in [0.4, 0.5) is 0 Å². The zero-order valence-corrected chi connectivity index (χ0v) is 19.3. The van der Waals surface area contributed by atoms with Gasteiger partial charge in [0.1, 0.15) is 6.04 Å². The Hall–Kier alpha value is -2.14. The van der Waals surface area contributed by atoms with E-state index in [-0.39, 0.29) is 23.9 Å². The molecule has 2 aliphatic carbocycles. The first kappa shape index (κ1) is 22.1. The lowest BCUT2D eigenvalue weighted by molar-refractivity contribution is -0.143. The first-order chi connectivity index (χ1) is 15.1. The summed E-state index contributed by atoms with van der Waals surface area (Å²) in [4.78, 5) is 30.5. The molecule has 0 radical (unpaired) electrons. The molecule has 31 heavy (non-hydrogen) atoms. The van der Waals surface area contributed by atoms with Crippen LogP contribution in [0.15, 0.2) is 41.8 Å². The summed E-state index contributed by atoms with van der Waals surface area (Å²) in [5.41, 5.74) is 2.03. The van der Waals surface area contributed by atoms with Crippen LogP contribution in [-0.4, -0.2) is 28.8 Å². The zero-order valence-electron chi connectivity index (χ0n) is 18.5. The molecule has 2 fully saturated rings. The van der Waals surface area contributed by atoms with E-state index in [0.717, 1.165) is 54.5 Å². The molecule has 2 saturated carbocycles. The molecular formula is C26H34N2O2S. The van der Waals surface area contributed by atoms with Gasteiger partial charge in [0, 0.05) is 17.0 Å². The molecule has 5 heteroatoms. The van der Waals surface area contributed by atoms with Crippen molar-refractivity contribution in [2.75, 3.05) is 0 Å². The fraction of sp³-hybridized carbons (Fsp3) is 0.538. The minimum Gasteiger partial charge on any atom is -0.351 e. The van der Waals surface area contributed by atoms with Gasteiger partial charge in [-0.2, -0.15) is 0 Å². The molecule has 0 aliphatic heterocycles. The molecule has 1 N–H and O–H groups in total. The Bertz CT molecular complexity index is 867. The van der Waals surface area contributed by atoms with Crippen LogP contribution in [-0.2, 0) is 16.0 Å². The van der Waals surface area contributed by atoms with E-state index < -0.39 is 6.04 Å². The number of hydrogen-bond donors (Lipinski definition) is 1. The van der Waals surface area contributed by atoms with Gasteiger partial charge in [-0.1, -0.05) is 62.4 Å². The second-order valence-corrected chi connectivity index (χ2v) is 10.1. The number of carbonyl (C=O) groups excluding carboxylic acids is 2. The largest absolute Gasteiger partial charge is 0.351 e. The molecule has 0 spiro atoms. The number of amides is 2. The summed E-state index contributed by atoms with van der Waals surface area (Å²) < 4.78 is 0. The number of nitrogens with zero attached hydrogens (tertiary/aromatic N) is 1. The maximum Gasteiger partial charge on any atom is 0.247 e. The fourth-order valence-corrected chi connectivity index (χ4v) is 5.93. The van der Waals surface area contributed by atoms with Crippen molar-refractivity contribution in [2.45, 2.75) is 89.3 Å². The zero-order chi connectivity index (χ0) is 21.6. The number of benzene rings is 1. The predicted octanol–water partition coefficient (Wildman–Crippen LogP) is 5.56. The summed E-state index contributed by atoms with van der Waals surface area (Å²) in [5.74, 6) is 0.0639. The molecule has 2 aliphatic rings. The highest BCUT2D eigenvalue weighted by molar-refractivity contribution is 7.10. The van der Waals surface area contributed by atoms with Gasteiger partial charge in [0.15, 0.2) is 0 Å². The Morgan fingerprint density at radius 1 is 1.00 bits per heavy atom. The molecule has 2 amide bonds. The van der Waals surface area contributed by atoms with E-state index in [1.54, 1.807) is 11.3 Å². The normalized spacial score (nSPS) is 18.6. The molecule has 1 aromatic carbocycles. The summed E-state index contributed by atoms with van der Waals surface area (Å²) in [7, 11) is 0. The third-order valence-electron chi connectivity index (χ3n) is 6.87. The third kappa shape index (κ3) is 5.38. The summed E-state index contributed by atoms with van der Waals surface area (Å²) in [5, 5.41) is 5.34. The smallest absolute Gasteiger partial charge is 0.247 e. The maximum absolute atomic E-state index is 13.8. The van der Waals surface area contributed by atoms with Crippen LogP contribution < -0.4 is 5.32 Å². The summed E-state index contributed by atoms with van der Waals surface area (Å²) in [6.45, 7) is 2.05. The van der Waals surface area contributed by atoms with Gasteiger partial charge >= 0.3 is 0 Å². The van der Waals surface area contributed by atoms with E-state index >= 15 is 0 Å². The van der Waals surface area contributed by atoms with Crippen molar-refractivity contribution in [2.24, 2.45) is 0 Å². The van der Waals surface area contributed by atoms with Gasteiger partial charge in [0.2, 0.25) is 11.8 Å². The van der Waals surface area contributed by atoms with Crippen LogP contribution in [0.1, 0.15) is 79.8 Å². The van der Waals surface area contributed by atoms with Crippen LogP contribution in [0.2, 0.25) is 0 Å². The summed E-state index contributed by atoms with van der Waals surface area (Å²) in [6, 6.07) is 11.9.